The molecular formula is C15H16ClF2N3O2. The number of nitrogens with zero attached hydrogens (tertiary/aromatic N) is 2. The number of aromatic nitrogens is 2. The standard InChI is InChI=1S/C15H16ClF2N3O2/c16-11-7-9(13(22)14-19-5-6-23-14)8-12(21-11)20-10-1-3-15(17,18)4-2-10/h5-8,10,13,22H,1-4H2,(H,20,21). The Labute approximate surface area is 136 Å². The lowest BCUT2D eigenvalue weighted by molar-refractivity contribution is -0.0361. The molecule has 0 aliphatic heterocycles. The first kappa shape index (κ1) is 16.1. The van der Waals surface area contributed by atoms with Crippen LogP contribution in [-0.4, -0.2) is 27.0 Å². The molecule has 2 aromatic rings. The summed E-state index contributed by atoms with van der Waals surface area (Å²) < 4.78 is 31.5. The highest BCUT2D eigenvalue weighted by molar-refractivity contribution is 6.29. The molecule has 1 aliphatic carbocycles. The van der Waals surface area contributed by atoms with Crippen LogP contribution in [0.15, 0.2) is 29.0 Å². The number of hydrogen-bond acceptors (Lipinski definition) is 5. The molecule has 2 aromatic heterocycles. The van der Waals surface area contributed by atoms with Crippen LogP contribution in [0.25, 0.3) is 0 Å². The Kier molecular flexibility index (Phi) is 4.50. The van der Waals surface area contributed by atoms with Gasteiger partial charge in [0.25, 0.3) is 0 Å². The van der Waals surface area contributed by atoms with Gasteiger partial charge in [0.05, 0.1) is 6.20 Å². The molecule has 0 spiro atoms. The third-order valence-electron chi connectivity index (χ3n) is 3.89. The van der Waals surface area contributed by atoms with Crippen molar-refractivity contribution in [2.45, 2.75) is 43.8 Å². The number of alkyl halides is 2. The first-order chi connectivity index (χ1) is 10.9. The Morgan fingerprint density at radius 3 is 2.74 bits per heavy atom. The zero-order valence-corrected chi connectivity index (χ0v) is 12.9. The number of hydrogen-bond donors (Lipinski definition) is 2. The third-order valence-corrected chi connectivity index (χ3v) is 4.08. The molecule has 0 amide bonds. The van der Waals surface area contributed by atoms with Crippen molar-refractivity contribution < 1.29 is 18.3 Å². The van der Waals surface area contributed by atoms with Gasteiger partial charge in [0.15, 0.2) is 6.10 Å². The molecule has 0 aromatic carbocycles. The molecule has 0 saturated heterocycles. The Morgan fingerprint density at radius 1 is 1.35 bits per heavy atom. The maximum Gasteiger partial charge on any atom is 0.248 e. The molecule has 2 N–H and O–H groups in total. The molecule has 23 heavy (non-hydrogen) atoms. The summed E-state index contributed by atoms with van der Waals surface area (Å²) in [7, 11) is 0. The molecule has 0 bridgehead atoms. The van der Waals surface area contributed by atoms with Crippen LogP contribution in [0.2, 0.25) is 5.15 Å². The zero-order chi connectivity index (χ0) is 16.4. The lowest BCUT2D eigenvalue weighted by Crippen LogP contribution is -2.32. The van der Waals surface area contributed by atoms with Crippen LogP contribution < -0.4 is 5.32 Å². The largest absolute Gasteiger partial charge is 0.446 e. The van der Waals surface area contributed by atoms with Crippen LogP contribution in [0, 0.1) is 0 Å². The maximum atomic E-state index is 13.2. The fraction of sp³-hybridized carbons (Fsp3) is 0.467. The molecule has 5 nitrogen and oxygen atoms in total. The highest BCUT2D eigenvalue weighted by Crippen LogP contribution is 2.34. The van der Waals surface area contributed by atoms with E-state index in [9.17, 15) is 13.9 Å². The molecule has 8 heteroatoms. The first-order valence-corrected chi connectivity index (χ1v) is 7.70. The van der Waals surface area contributed by atoms with E-state index in [-0.39, 0.29) is 29.9 Å². The Hall–Kier alpha value is -1.73. The predicted molar refractivity (Wildman–Crippen MR) is 80.6 cm³/mol. The molecule has 0 radical (unpaired) electrons. The quantitative estimate of drug-likeness (QED) is 0.826. The second kappa shape index (κ2) is 6.41. The van der Waals surface area contributed by atoms with Gasteiger partial charge in [-0.1, -0.05) is 11.6 Å². The van der Waals surface area contributed by atoms with Crippen LogP contribution >= 0.6 is 11.6 Å². The molecule has 1 atom stereocenters. The molecule has 2 heterocycles. The molecule has 1 saturated carbocycles. The van der Waals surface area contributed by atoms with Crippen molar-refractivity contribution in [1.82, 2.24) is 9.97 Å². The summed E-state index contributed by atoms with van der Waals surface area (Å²) in [6.45, 7) is 0. The van der Waals surface area contributed by atoms with Gasteiger partial charge in [-0.25, -0.2) is 18.7 Å². The van der Waals surface area contributed by atoms with Crippen molar-refractivity contribution in [3.63, 3.8) is 0 Å². The van der Waals surface area contributed by atoms with Gasteiger partial charge in [-0.15, -0.1) is 0 Å². The predicted octanol–water partition coefficient (Wildman–Crippen LogP) is 3.79. The number of pyridine rings is 1. The molecular weight excluding hydrogens is 328 g/mol. The van der Waals surface area contributed by atoms with E-state index in [4.69, 9.17) is 16.0 Å². The number of oxazole rings is 1. The number of aliphatic hydroxyl groups is 1. The summed E-state index contributed by atoms with van der Waals surface area (Å²) in [5.74, 6) is -1.99. The van der Waals surface area contributed by atoms with Crippen LogP contribution in [0.4, 0.5) is 14.6 Å². The van der Waals surface area contributed by atoms with E-state index < -0.39 is 12.0 Å². The van der Waals surface area contributed by atoms with E-state index in [1.54, 1.807) is 6.07 Å². The van der Waals surface area contributed by atoms with Crippen molar-refractivity contribution in [1.29, 1.82) is 0 Å². The number of anilines is 1. The number of rotatable bonds is 4. The van der Waals surface area contributed by atoms with Crippen LogP contribution in [0.5, 0.6) is 0 Å². The fourth-order valence-corrected chi connectivity index (χ4v) is 2.87. The Bertz CT molecular complexity index is 657. The fourth-order valence-electron chi connectivity index (χ4n) is 2.65. The van der Waals surface area contributed by atoms with E-state index in [0.29, 0.717) is 24.2 Å². The van der Waals surface area contributed by atoms with Gasteiger partial charge in [-0.3, -0.25) is 0 Å². The normalized spacial score (nSPS) is 19.5. The van der Waals surface area contributed by atoms with E-state index in [0.717, 1.165) is 0 Å². The highest BCUT2D eigenvalue weighted by Gasteiger charge is 2.35. The molecule has 1 aliphatic rings. The summed E-state index contributed by atoms with van der Waals surface area (Å²) in [5.41, 5.74) is 0.469. The number of aliphatic hydroxyl groups excluding tert-OH is 1. The van der Waals surface area contributed by atoms with E-state index in [1.807, 2.05) is 0 Å². The van der Waals surface area contributed by atoms with Gasteiger partial charge in [0, 0.05) is 18.9 Å². The van der Waals surface area contributed by atoms with Crippen molar-refractivity contribution >= 4 is 17.4 Å². The van der Waals surface area contributed by atoms with Crippen LogP contribution in [0.3, 0.4) is 0 Å². The molecule has 124 valence electrons. The molecule has 3 rings (SSSR count). The average molecular weight is 344 g/mol. The van der Waals surface area contributed by atoms with Crippen LogP contribution in [-0.2, 0) is 0 Å². The smallest absolute Gasteiger partial charge is 0.248 e. The average Bonchev–Trinajstić information content (AvgIpc) is 3.02. The van der Waals surface area contributed by atoms with Gasteiger partial charge in [-0.05, 0) is 30.5 Å². The highest BCUT2D eigenvalue weighted by atomic mass is 35.5. The second-order valence-electron chi connectivity index (χ2n) is 5.66. The SMILES string of the molecule is OC(c1cc(Cl)nc(NC2CCC(F)(F)CC2)c1)c1ncco1. The monoisotopic (exact) mass is 343 g/mol. The van der Waals surface area contributed by atoms with Crippen molar-refractivity contribution in [3.05, 3.63) is 41.2 Å². The number of halogens is 3. The van der Waals surface area contributed by atoms with E-state index in [2.05, 4.69) is 15.3 Å². The van der Waals surface area contributed by atoms with Crippen LogP contribution in [0.1, 0.15) is 43.2 Å². The van der Waals surface area contributed by atoms with E-state index >= 15 is 0 Å². The second-order valence-corrected chi connectivity index (χ2v) is 6.04. The minimum absolute atomic E-state index is 0.0904. The first-order valence-electron chi connectivity index (χ1n) is 7.32. The van der Waals surface area contributed by atoms with Gasteiger partial charge < -0.3 is 14.8 Å². The van der Waals surface area contributed by atoms with Crippen molar-refractivity contribution in [2.75, 3.05) is 5.32 Å². The van der Waals surface area contributed by atoms with E-state index in [1.165, 1.54) is 18.5 Å². The lowest BCUT2D eigenvalue weighted by atomic mass is 9.92. The summed E-state index contributed by atoms with van der Waals surface area (Å²) >= 11 is 5.99. The summed E-state index contributed by atoms with van der Waals surface area (Å²) in [6.07, 6.45) is 2.17. The number of nitrogens with one attached hydrogen (secondary N) is 1. The minimum Gasteiger partial charge on any atom is -0.446 e. The Balaban J connectivity index is 1.73. The van der Waals surface area contributed by atoms with Gasteiger partial charge >= 0.3 is 0 Å². The minimum atomic E-state index is -2.58. The summed E-state index contributed by atoms with van der Waals surface area (Å²) in [4.78, 5) is 8.03. The molecule has 1 unspecified atom stereocenters. The third kappa shape index (κ3) is 3.97. The summed E-state index contributed by atoms with van der Waals surface area (Å²) in [5, 5.41) is 13.5. The summed E-state index contributed by atoms with van der Waals surface area (Å²) in [6, 6.07) is 3.04. The van der Waals surface area contributed by atoms with Crippen molar-refractivity contribution in [3.8, 4) is 0 Å². The maximum absolute atomic E-state index is 13.2. The lowest BCUT2D eigenvalue weighted by Gasteiger charge is -2.29. The Morgan fingerprint density at radius 2 is 2.09 bits per heavy atom. The van der Waals surface area contributed by atoms with Gasteiger partial charge in [0.2, 0.25) is 11.8 Å². The topological polar surface area (TPSA) is 71.2 Å². The van der Waals surface area contributed by atoms with Gasteiger partial charge in [0.1, 0.15) is 17.2 Å². The zero-order valence-electron chi connectivity index (χ0n) is 12.2. The van der Waals surface area contributed by atoms with Gasteiger partial charge in [-0.2, -0.15) is 0 Å². The van der Waals surface area contributed by atoms with Crippen molar-refractivity contribution in [2.24, 2.45) is 0 Å². The molecule has 1 fully saturated rings.